The van der Waals surface area contributed by atoms with Crippen LogP contribution >= 0.6 is 0 Å². The molecule has 3 aromatic rings. The topological polar surface area (TPSA) is 63.9 Å². The molecule has 0 spiro atoms. The van der Waals surface area contributed by atoms with E-state index in [2.05, 4.69) is 59.9 Å². The molecule has 0 fully saturated rings. The molecule has 0 unspecified atom stereocenters. The molecule has 0 atom stereocenters. The van der Waals surface area contributed by atoms with Gasteiger partial charge in [0, 0.05) is 37.3 Å². The van der Waals surface area contributed by atoms with Crippen LogP contribution in [0.2, 0.25) is 0 Å². The Morgan fingerprint density at radius 1 is 1.07 bits per heavy atom. The van der Waals surface area contributed by atoms with Crippen LogP contribution in [-0.2, 0) is 13.0 Å². The van der Waals surface area contributed by atoms with Crippen molar-refractivity contribution in [2.24, 2.45) is 5.41 Å². The average Bonchev–Trinajstić information content (AvgIpc) is 2.68. The Morgan fingerprint density at radius 3 is 2.57 bits per heavy atom. The first-order chi connectivity index (χ1) is 13.4. The van der Waals surface area contributed by atoms with E-state index in [9.17, 15) is 4.79 Å². The molecule has 6 heteroatoms. The summed E-state index contributed by atoms with van der Waals surface area (Å²) in [5.41, 5.74) is 3.78. The van der Waals surface area contributed by atoms with Crippen molar-refractivity contribution >= 4 is 5.95 Å². The lowest BCUT2D eigenvalue weighted by molar-refractivity contribution is 0.274. The average molecular weight is 375 g/mol. The molecule has 1 aliphatic heterocycles. The summed E-state index contributed by atoms with van der Waals surface area (Å²) in [5.74, 6) is 0.729. The minimum absolute atomic E-state index is 0.00220. The van der Waals surface area contributed by atoms with Gasteiger partial charge in [-0.2, -0.15) is 0 Å². The Kier molecular flexibility index (Phi) is 4.71. The summed E-state index contributed by atoms with van der Waals surface area (Å²) in [6, 6.07) is 12.0. The number of anilines is 1. The summed E-state index contributed by atoms with van der Waals surface area (Å²) in [6.07, 6.45) is 4.05. The van der Waals surface area contributed by atoms with Crippen molar-refractivity contribution in [3.05, 3.63) is 70.4 Å². The van der Waals surface area contributed by atoms with Crippen LogP contribution in [0.25, 0.3) is 11.4 Å². The third kappa shape index (κ3) is 3.81. The van der Waals surface area contributed by atoms with Gasteiger partial charge in [-0.1, -0.05) is 43.7 Å². The highest BCUT2D eigenvalue weighted by molar-refractivity contribution is 5.55. The molecule has 0 bridgehead atoms. The number of aromatic nitrogens is 4. The van der Waals surface area contributed by atoms with E-state index in [1.807, 2.05) is 0 Å². The van der Waals surface area contributed by atoms with Gasteiger partial charge in [0.2, 0.25) is 5.95 Å². The Labute approximate surface area is 164 Å². The van der Waals surface area contributed by atoms with Gasteiger partial charge in [0.25, 0.3) is 5.56 Å². The highest BCUT2D eigenvalue weighted by atomic mass is 16.1. The summed E-state index contributed by atoms with van der Waals surface area (Å²) in [7, 11) is 0. The third-order valence-electron chi connectivity index (χ3n) is 5.11. The fourth-order valence-corrected chi connectivity index (χ4v) is 3.72. The highest BCUT2D eigenvalue weighted by Gasteiger charge is 2.32. The fraction of sp³-hybridized carbons (Fsp3) is 0.364. The van der Waals surface area contributed by atoms with Gasteiger partial charge in [0.05, 0.1) is 11.4 Å². The fourth-order valence-electron chi connectivity index (χ4n) is 3.72. The van der Waals surface area contributed by atoms with Gasteiger partial charge >= 0.3 is 0 Å². The molecule has 1 aromatic carbocycles. The van der Waals surface area contributed by atoms with Crippen LogP contribution in [0.15, 0.2) is 53.7 Å². The zero-order valence-corrected chi connectivity index (χ0v) is 16.6. The molecule has 6 nitrogen and oxygen atoms in total. The van der Waals surface area contributed by atoms with Crippen LogP contribution in [-0.4, -0.2) is 32.6 Å². The summed E-state index contributed by atoms with van der Waals surface area (Å²) in [6.45, 7) is 8.82. The van der Waals surface area contributed by atoms with Gasteiger partial charge < -0.3 is 4.90 Å². The second kappa shape index (κ2) is 7.19. The predicted molar refractivity (Wildman–Crippen MR) is 110 cm³/mol. The standard InChI is InChI=1S/C22H25N5O/c1-16-4-6-17(7-5-16)9-11-26-13-22(2,3)14-27-20(28)12-19(25-21(26)27)18-8-10-23-15-24-18/h4-8,10,12,15H,9,11,13-14H2,1-3H3. The molecule has 2 aromatic heterocycles. The van der Waals surface area contributed by atoms with Gasteiger partial charge in [-0.05, 0) is 25.0 Å². The van der Waals surface area contributed by atoms with Crippen LogP contribution in [0.1, 0.15) is 25.0 Å². The number of fused-ring (bicyclic) bond motifs is 1. The molecule has 0 saturated carbocycles. The summed E-state index contributed by atoms with van der Waals surface area (Å²) >= 11 is 0. The largest absolute Gasteiger partial charge is 0.341 e. The SMILES string of the molecule is Cc1ccc(CCN2CC(C)(C)Cn3c2nc(-c2ccncn2)cc3=O)cc1. The van der Waals surface area contributed by atoms with Crippen LogP contribution < -0.4 is 10.5 Å². The summed E-state index contributed by atoms with van der Waals surface area (Å²) < 4.78 is 1.79. The normalized spacial score (nSPS) is 15.3. The van der Waals surface area contributed by atoms with E-state index in [4.69, 9.17) is 4.98 Å². The lowest BCUT2D eigenvalue weighted by Gasteiger charge is -2.40. The van der Waals surface area contributed by atoms with E-state index in [1.165, 1.54) is 17.5 Å². The number of hydrogen-bond acceptors (Lipinski definition) is 5. The lowest BCUT2D eigenvalue weighted by Crippen LogP contribution is -2.48. The molecular weight excluding hydrogens is 350 g/mol. The van der Waals surface area contributed by atoms with Crippen molar-refractivity contribution in [3.63, 3.8) is 0 Å². The van der Waals surface area contributed by atoms with Gasteiger partial charge in [-0.3, -0.25) is 9.36 Å². The van der Waals surface area contributed by atoms with Crippen molar-refractivity contribution in [1.29, 1.82) is 0 Å². The van der Waals surface area contributed by atoms with E-state index in [0.717, 1.165) is 25.5 Å². The molecule has 3 heterocycles. The maximum Gasteiger partial charge on any atom is 0.255 e. The van der Waals surface area contributed by atoms with E-state index < -0.39 is 0 Å². The smallest absolute Gasteiger partial charge is 0.255 e. The van der Waals surface area contributed by atoms with Crippen molar-refractivity contribution in [1.82, 2.24) is 19.5 Å². The molecule has 0 saturated heterocycles. The second-order valence-corrected chi connectivity index (χ2v) is 8.28. The zero-order valence-electron chi connectivity index (χ0n) is 16.6. The molecule has 0 aliphatic carbocycles. The molecule has 4 rings (SSSR count). The molecule has 0 amide bonds. The van der Waals surface area contributed by atoms with Crippen LogP contribution in [0.4, 0.5) is 5.95 Å². The molecule has 144 valence electrons. The minimum atomic E-state index is -0.0354. The molecule has 28 heavy (non-hydrogen) atoms. The van der Waals surface area contributed by atoms with E-state index in [0.29, 0.717) is 17.9 Å². The van der Waals surface area contributed by atoms with Gasteiger partial charge in [-0.25, -0.2) is 15.0 Å². The first-order valence-corrected chi connectivity index (χ1v) is 9.60. The van der Waals surface area contributed by atoms with E-state index in [-0.39, 0.29) is 11.0 Å². The predicted octanol–water partition coefficient (Wildman–Crippen LogP) is 3.10. The van der Waals surface area contributed by atoms with Gasteiger partial charge in [-0.15, -0.1) is 0 Å². The van der Waals surface area contributed by atoms with Crippen LogP contribution in [0.3, 0.4) is 0 Å². The Morgan fingerprint density at radius 2 is 1.86 bits per heavy atom. The van der Waals surface area contributed by atoms with Crippen LogP contribution in [0, 0.1) is 12.3 Å². The zero-order chi connectivity index (χ0) is 19.7. The number of aryl methyl sites for hydroxylation is 1. The van der Waals surface area contributed by atoms with Gasteiger partial charge in [0.1, 0.15) is 6.33 Å². The lowest BCUT2D eigenvalue weighted by atomic mass is 9.90. The first kappa shape index (κ1) is 18.3. The first-order valence-electron chi connectivity index (χ1n) is 9.60. The third-order valence-corrected chi connectivity index (χ3v) is 5.11. The Balaban J connectivity index is 1.69. The number of hydrogen-bond donors (Lipinski definition) is 0. The monoisotopic (exact) mass is 375 g/mol. The molecule has 0 radical (unpaired) electrons. The minimum Gasteiger partial charge on any atom is -0.341 e. The van der Waals surface area contributed by atoms with Crippen LogP contribution in [0.5, 0.6) is 0 Å². The number of benzene rings is 1. The van der Waals surface area contributed by atoms with Crippen molar-refractivity contribution in [2.75, 3.05) is 18.0 Å². The van der Waals surface area contributed by atoms with Crippen molar-refractivity contribution in [2.45, 2.75) is 33.7 Å². The maximum atomic E-state index is 12.9. The number of nitrogens with zero attached hydrogens (tertiary/aromatic N) is 5. The molecule has 1 aliphatic rings. The summed E-state index contributed by atoms with van der Waals surface area (Å²) in [5, 5.41) is 0. The number of rotatable bonds is 4. The molecule has 0 N–H and O–H groups in total. The van der Waals surface area contributed by atoms with Gasteiger partial charge in [0.15, 0.2) is 0 Å². The highest BCUT2D eigenvalue weighted by Crippen LogP contribution is 2.30. The Hall–Kier alpha value is -3.02. The quantitative estimate of drug-likeness (QED) is 0.701. The van der Waals surface area contributed by atoms with Crippen molar-refractivity contribution in [3.8, 4) is 11.4 Å². The van der Waals surface area contributed by atoms with E-state index >= 15 is 0 Å². The summed E-state index contributed by atoms with van der Waals surface area (Å²) in [4.78, 5) is 28.1. The molecular formula is C22H25N5O. The maximum absolute atomic E-state index is 12.9. The van der Waals surface area contributed by atoms with Crippen molar-refractivity contribution < 1.29 is 0 Å². The Bertz CT molecular complexity index is 1030. The second-order valence-electron chi connectivity index (χ2n) is 8.28. The van der Waals surface area contributed by atoms with E-state index in [1.54, 1.807) is 22.9 Å².